The summed E-state index contributed by atoms with van der Waals surface area (Å²) < 4.78 is 0. The molecule has 0 aliphatic carbocycles. The van der Waals surface area contributed by atoms with Crippen LogP contribution < -0.4 is 16.0 Å². The predicted molar refractivity (Wildman–Crippen MR) is 109 cm³/mol. The fourth-order valence-electron chi connectivity index (χ4n) is 3.63. The van der Waals surface area contributed by atoms with Gasteiger partial charge in [0.1, 0.15) is 5.82 Å². The Morgan fingerprint density at radius 3 is 2.93 bits per heavy atom. The van der Waals surface area contributed by atoms with E-state index in [-0.39, 0.29) is 5.82 Å². The van der Waals surface area contributed by atoms with Crippen LogP contribution in [-0.4, -0.2) is 40.0 Å². The van der Waals surface area contributed by atoms with Crippen LogP contribution >= 0.6 is 0 Å². The predicted octanol–water partition coefficient (Wildman–Crippen LogP) is 2.11. The van der Waals surface area contributed by atoms with Gasteiger partial charge in [0.25, 0.3) is 5.91 Å². The Bertz CT molecular complexity index is 1030. The largest absolute Gasteiger partial charge is 0.363 e. The smallest absolute Gasteiger partial charge is 0.286 e. The van der Waals surface area contributed by atoms with Gasteiger partial charge in [-0.3, -0.25) is 9.78 Å². The maximum Gasteiger partial charge on any atom is 0.286 e. The van der Waals surface area contributed by atoms with Gasteiger partial charge < -0.3 is 16.0 Å². The number of benzene rings is 1. The number of primary amides is 1. The van der Waals surface area contributed by atoms with E-state index in [0.29, 0.717) is 6.04 Å². The van der Waals surface area contributed by atoms with Crippen molar-refractivity contribution in [3.63, 3.8) is 0 Å². The number of amides is 1. The second-order valence-electron chi connectivity index (χ2n) is 7.29. The Kier molecular flexibility index (Phi) is 4.92. The molecule has 1 aliphatic heterocycles. The molecule has 1 saturated heterocycles. The summed E-state index contributed by atoms with van der Waals surface area (Å²) >= 11 is 0. The molecular weight excluding hydrogens is 352 g/mol. The van der Waals surface area contributed by atoms with Crippen LogP contribution in [-0.2, 0) is 6.54 Å². The van der Waals surface area contributed by atoms with Gasteiger partial charge in [0.15, 0.2) is 0 Å². The summed E-state index contributed by atoms with van der Waals surface area (Å²) in [6.07, 6.45) is 2.94. The lowest BCUT2D eigenvalue weighted by Gasteiger charge is -2.21. The average Bonchev–Trinajstić information content (AvgIpc) is 3.17. The molecule has 1 aromatic carbocycles. The molecule has 28 heavy (non-hydrogen) atoms. The molecule has 0 saturated carbocycles. The molecule has 0 bridgehead atoms. The minimum absolute atomic E-state index is 0.0803. The van der Waals surface area contributed by atoms with Crippen LogP contribution in [0.1, 0.15) is 33.9 Å². The average molecular weight is 376 g/mol. The number of hydrogen-bond donors (Lipinski definition) is 2. The molecule has 1 fully saturated rings. The molecule has 7 heteroatoms. The number of anilines is 1. The minimum Gasteiger partial charge on any atom is -0.363 e. The van der Waals surface area contributed by atoms with Crippen molar-refractivity contribution >= 4 is 22.6 Å². The Morgan fingerprint density at radius 1 is 1.29 bits per heavy atom. The second kappa shape index (κ2) is 7.52. The van der Waals surface area contributed by atoms with Gasteiger partial charge in [0.05, 0.1) is 5.52 Å². The number of aromatic nitrogens is 3. The normalized spacial score (nSPS) is 16.6. The van der Waals surface area contributed by atoms with Crippen LogP contribution in [0.4, 0.5) is 5.82 Å². The monoisotopic (exact) mass is 376 g/mol. The number of nitrogens with zero attached hydrogens (tertiary/aromatic N) is 4. The highest BCUT2D eigenvalue weighted by Crippen LogP contribution is 2.24. The number of pyridine rings is 1. The lowest BCUT2D eigenvalue weighted by molar-refractivity contribution is 0.0990. The maximum atomic E-state index is 11.5. The van der Waals surface area contributed by atoms with E-state index in [4.69, 9.17) is 5.73 Å². The van der Waals surface area contributed by atoms with Crippen LogP contribution in [0.2, 0.25) is 0 Å². The number of para-hydroxylation sites is 1. The first-order valence-electron chi connectivity index (χ1n) is 9.48. The highest BCUT2D eigenvalue weighted by Gasteiger charge is 2.26. The van der Waals surface area contributed by atoms with Gasteiger partial charge in [-0.25, -0.2) is 9.97 Å². The van der Waals surface area contributed by atoms with Crippen molar-refractivity contribution in [1.82, 2.24) is 20.3 Å². The number of fused-ring (bicyclic) bond motifs is 1. The lowest BCUT2D eigenvalue weighted by Crippen LogP contribution is -2.33. The van der Waals surface area contributed by atoms with Crippen molar-refractivity contribution in [2.45, 2.75) is 32.9 Å². The first kappa shape index (κ1) is 18.3. The van der Waals surface area contributed by atoms with Crippen molar-refractivity contribution in [3.05, 3.63) is 59.2 Å². The van der Waals surface area contributed by atoms with Gasteiger partial charge in [0.2, 0.25) is 5.82 Å². The van der Waals surface area contributed by atoms with E-state index in [1.165, 1.54) is 5.56 Å². The molecule has 2 aromatic heterocycles. The van der Waals surface area contributed by atoms with E-state index < -0.39 is 5.91 Å². The molecule has 7 nitrogen and oxygen atoms in total. The molecule has 3 N–H and O–H groups in total. The maximum absolute atomic E-state index is 11.5. The lowest BCUT2D eigenvalue weighted by atomic mass is 10.1. The third-order valence-corrected chi connectivity index (χ3v) is 5.31. The van der Waals surface area contributed by atoms with Gasteiger partial charge in [-0.15, -0.1) is 0 Å². The number of carbonyl (C=O) groups is 1. The molecule has 3 aromatic rings. The molecular formula is C21H24N6O. The number of hydrogen-bond acceptors (Lipinski definition) is 6. The summed E-state index contributed by atoms with van der Waals surface area (Å²) in [5, 5.41) is 4.77. The van der Waals surface area contributed by atoms with E-state index in [2.05, 4.69) is 37.3 Å². The Labute approximate surface area is 164 Å². The third-order valence-electron chi connectivity index (χ3n) is 5.31. The van der Waals surface area contributed by atoms with Crippen molar-refractivity contribution in [1.29, 1.82) is 0 Å². The molecule has 144 valence electrons. The van der Waals surface area contributed by atoms with Crippen LogP contribution in [0.15, 0.2) is 36.5 Å². The number of nitrogens with two attached hydrogens (primary N) is 1. The molecule has 1 amide bonds. The highest BCUT2D eigenvalue weighted by molar-refractivity contribution is 5.89. The summed E-state index contributed by atoms with van der Waals surface area (Å²) in [5.74, 6) is 0.289. The van der Waals surface area contributed by atoms with Crippen LogP contribution in [0, 0.1) is 13.8 Å². The molecule has 1 aliphatic rings. The van der Waals surface area contributed by atoms with E-state index in [9.17, 15) is 4.79 Å². The second-order valence-corrected chi connectivity index (χ2v) is 7.29. The molecule has 4 rings (SSSR count). The first-order valence-corrected chi connectivity index (χ1v) is 9.48. The zero-order valence-corrected chi connectivity index (χ0v) is 16.1. The van der Waals surface area contributed by atoms with Crippen LogP contribution in [0.3, 0.4) is 0 Å². The van der Waals surface area contributed by atoms with E-state index >= 15 is 0 Å². The van der Waals surface area contributed by atoms with E-state index in [1.807, 2.05) is 38.2 Å². The highest BCUT2D eigenvalue weighted by atomic mass is 16.1. The summed E-state index contributed by atoms with van der Waals surface area (Å²) in [7, 11) is 0. The zero-order chi connectivity index (χ0) is 19.7. The fourth-order valence-corrected chi connectivity index (χ4v) is 3.63. The van der Waals surface area contributed by atoms with Crippen molar-refractivity contribution in [2.75, 3.05) is 18.0 Å². The Balaban J connectivity index is 1.43. The molecule has 0 radical (unpaired) electrons. The third kappa shape index (κ3) is 3.66. The number of aryl methyl sites for hydroxylation is 1. The summed E-state index contributed by atoms with van der Waals surface area (Å²) in [4.78, 5) is 26.8. The topological polar surface area (TPSA) is 97.0 Å². The van der Waals surface area contributed by atoms with E-state index in [1.54, 1.807) is 0 Å². The summed E-state index contributed by atoms with van der Waals surface area (Å²) in [6, 6.07) is 10.7. The number of nitrogens with one attached hydrogen (secondary N) is 1. The van der Waals surface area contributed by atoms with Gasteiger partial charge in [0, 0.05) is 48.5 Å². The fraction of sp³-hybridized carbons (Fsp3) is 0.333. The van der Waals surface area contributed by atoms with Crippen molar-refractivity contribution < 1.29 is 4.79 Å². The van der Waals surface area contributed by atoms with Crippen LogP contribution in [0.5, 0.6) is 0 Å². The van der Waals surface area contributed by atoms with Crippen molar-refractivity contribution in [3.8, 4) is 0 Å². The van der Waals surface area contributed by atoms with Gasteiger partial charge in [-0.05, 0) is 38.0 Å². The molecule has 0 unspecified atom stereocenters. The quantitative estimate of drug-likeness (QED) is 0.708. The van der Waals surface area contributed by atoms with Crippen LogP contribution in [0.25, 0.3) is 10.9 Å². The van der Waals surface area contributed by atoms with Gasteiger partial charge in [-0.1, -0.05) is 18.2 Å². The molecule has 1 atom stereocenters. The number of rotatable bonds is 5. The number of carbonyl (C=O) groups excluding carboxylic acids is 1. The Morgan fingerprint density at radius 2 is 2.11 bits per heavy atom. The Hall–Kier alpha value is -3.06. The summed E-state index contributed by atoms with van der Waals surface area (Å²) in [6.45, 7) is 6.34. The van der Waals surface area contributed by atoms with E-state index in [0.717, 1.165) is 54.0 Å². The summed E-state index contributed by atoms with van der Waals surface area (Å²) in [5.41, 5.74) is 9.34. The molecule has 0 spiro atoms. The van der Waals surface area contributed by atoms with Crippen molar-refractivity contribution in [2.24, 2.45) is 5.73 Å². The minimum atomic E-state index is -0.595. The van der Waals surface area contributed by atoms with Gasteiger partial charge >= 0.3 is 0 Å². The first-order chi connectivity index (χ1) is 13.5. The van der Waals surface area contributed by atoms with Gasteiger partial charge in [-0.2, -0.15) is 0 Å². The SMILES string of the molecule is Cc1nc(C(N)=O)nc(N2CC[C@@H](NCc3cnc4ccccc4c3)C2)c1C. The zero-order valence-electron chi connectivity index (χ0n) is 16.1. The molecule has 3 heterocycles. The standard InChI is InChI=1S/C21H24N6O/c1-13-14(2)25-20(19(22)28)26-21(13)27-8-7-17(12-27)23-10-15-9-16-5-3-4-6-18(16)24-11-15/h3-6,9,11,17,23H,7-8,10,12H2,1-2H3,(H2,22,28)/t17-/m1/s1.